The van der Waals surface area contributed by atoms with Crippen molar-refractivity contribution in [2.75, 3.05) is 23.3 Å². The van der Waals surface area contributed by atoms with Gasteiger partial charge in [0.15, 0.2) is 0 Å². The maximum atomic E-state index is 12.7. The smallest absolute Gasteiger partial charge is 0.227 e. The van der Waals surface area contributed by atoms with Crippen LogP contribution in [0.15, 0.2) is 49.3 Å². The molecule has 3 heterocycles. The Kier molecular flexibility index (Phi) is 5.06. The molecule has 1 aliphatic rings. The molecule has 0 unspecified atom stereocenters. The number of rotatable bonds is 4. The predicted molar refractivity (Wildman–Crippen MR) is 109 cm³/mol. The number of imidazole rings is 1. The summed E-state index contributed by atoms with van der Waals surface area (Å²) in [5.41, 5.74) is 3.14. The van der Waals surface area contributed by atoms with E-state index in [4.69, 9.17) is 0 Å². The van der Waals surface area contributed by atoms with Gasteiger partial charge in [-0.25, -0.2) is 15.0 Å². The molecule has 144 valence electrons. The summed E-state index contributed by atoms with van der Waals surface area (Å²) in [5.74, 6) is 1.80. The maximum absolute atomic E-state index is 12.7. The molecule has 1 aliphatic heterocycles. The summed E-state index contributed by atoms with van der Waals surface area (Å²) in [4.78, 5) is 27.7. The molecule has 1 fully saturated rings. The molecule has 0 atom stereocenters. The van der Waals surface area contributed by atoms with Crippen molar-refractivity contribution in [3.63, 3.8) is 0 Å². The van der Waals surface area contributed by atoms with Crippen LogP contribution >= 0.6 is 0 Å². The first-order chi connectivity index (χ1) is 13.6. The molecule has 1 N–H and O–H groups in total. The van der Waals surface area contributed by atoms with Crippen molar-refractivity contribution in [1.82, 2.24) is 19.5 Å². The third-order valence-electron chi connectivity index (χ3n) is 5.25. The van der Waals surface area contributed by atoms with Gasteiger partial charge in [-0.05, 0) is 43.9 Å². The zero-order chi connectivity index (χ0) is 19.5. The summed E-state index contributed by atoms with van der Waals surface area (Å²) >= 11 is 0. The van der Waals surface area contributed by atoms with Crippen LogP contribution in [-0.4, -0.2) is 38.5 Å². The molecule has 3 aromatic rings. The fourth-order valence-corrected chi connectivity index (χ4v) is 3.52. The minimum atomic E-state index is 0.0196. The zero-order valence-corrected chi connectivity index (χ0v) is 16.2. The molecule has 1 amide bonds. The fraction of sp³-hybridized carbons (Fsp3) is 0.333. The van der Waals surface area contributed by atoms with E-state index in [1.807, 2.05) is 42.8 Å². The van der Waals surface area contributed by atoms with Crippen LogP contribution < -0.4 is 10.2 Å². The number of anilines is 2. The van der Waals surface area contributed by atoms with E-state index in [2.05, 4.69) is 31.2 Å². The number of piperidine rings is 1. The van der Waals surface area contributed by atoms with Crippen molar-refractivity contribution in [3.8, 4) is 5.82 Å². The highest BCUT2D eigenvalue weighted by molar-refractivity contribution is 5.93. The molecule has 1 aromatic carbocycles. The number of nitrogens with zero attached hydrogens (tertiary/aromatic N) is 5. The maximum Gasteiger partial charge on any atom is 0.227 e. The summed E-state index contributed by atoms with van der Waals surface area (Å²) < 4.78 is 1.86. The molecule has 0 aliphatic carbocycles. The Balaban J connectivity index is 1.39. The molecule has 28 heavy (non-hydrogen) atoms. The number of carbonyl (C=O) groups is 1. The van der Waals surface area contributed by atoms with Crippen LogP contribution in [0.4, 0.5) is 11.5 Å². The number of benzene rings is 1. The van der Waals surface area contributed by atoms with E-state index < -0.39 is 0 Å². The van der Waals surface area contributed by atoms with Gasteiger partial charge in [0, 0.05) is 43.2 Å². The van der Waals surface area contributed by atoms with Gasteiger partial charge in [0.05, 0.1) is 0 Å². The Labute approximate surface area is 164 Å². The molecule has 7 heteroatoms. The molecule has 0 radical (unpaired) electrons. The summed E-state index contributed by atoms with van der Waals surface area (Å²) in [7, 11) is 0. The average molecular weight is 376 g/mol. The van der Waals surface area contributed by atoms with Gasteiger partial charge in [-0.15, -0.1) is 0 Å². The Morgan fingerprint density at radius 2 is 1.89 bits per heavy atom. The van der Waals surface area contributed by atoms with Crippen molar-refractivity contribution < 1.29 is 4.79 Å². The number of hydrogen-bond acceptors (Lipinski definition) is 5. The van der Waals surface area contributed by atoms with Gasteiger partial charge in [0.1, 0.15) is 24.3 Å². The second-order valence-electron chi connectivity index (χ2n) is 7.27. The standard InChI is InChI=1S/C21H24N6O/c1-15-3-4-16(2)18(11-15)25-21(28)17-5-8-26(9-6-17)19-12-20(24-13-23-19)27-10-7-22-14-27/h3-4,7,10-14,17H,5-6,8-9H2,1-2H3,(H,25,28). The molecule has 0 spiro atoms. The van der Waals surface area contributed by atoms with Crippen molar-refractivity contribution in [2.24, 2.45) is 5.92 Å². The molecule has 2 aromatic heterocycles. The molecular formula is C21H24N6O. The Hall–Kier alpha value is -3.22. The Bertz CT molecular complexity index is 961. The summed E-state index contributed by atoms with van der Waals surface area (Å²) in [6, 6.07) is 8.09. The summed E-state index contributed by atoms with van der Waals surface area (Å²) in [6.45, 7) is 5.65. The van der Waals surface area contributed by atoms with E-state index >= 15 is 0 Å². The number of aromatic nitrogens is 4. The van der Waals surface area contributed by atoms with E-state index in [0.29, 0.717) is 0 Å². The van der Waals surface area contributed by atoms with Crippen molar-refractivity contribution in [1.29, 1.82) is 0 Å². The van der Waals surface area contributed by atoms with Gasteiger partial charge < -0.3 is 10.2 Å². The van der Waals surface area contributed by atoms with Gasteiger partial charge in [-0.1, -0.05) is 12.1 Å². The predicted octanol–water partition coefficient (Wildman–Crippen LogP) is 3.13. The first-order valence-corrected chi connectivity index (χ1v) is 9.53. The topological polar surface area (TPSA) is 75.9 Å². The lowest BCUT2D eigenvalue weighted by Gasteiger charge is -2.32. The molecule has 1 saturated heterocycles. The van der Waals surface area contributed by atoms with Crippen LogP contribution in [0.25, 0.3) is 5.82 Å². The van der Waals surface area contributed by atoms with Crippen LogP contribution in [0.3, 0.4) is 0 Å². The number of aryl methyl sites for hydroxylation is 2. The van der Waals surface area contributed by atoms with E-state index in [1.54, 1.807) is 18.9 Å². The largest absolute Gasteiger partial charge is 0.356 e. The second-order valence-corrected chi connectivity index (χ2v) is 7.27. The number of carbonyl (C=O) groups excluding carboxylic acids is 1. The lowest BCUT2D eigenvalue weighted by atomic mass is 9.95. The Morgan fingerprint density at radius 1 is 1.11 bits per heavy atom. The minimum absolute atomic E-state index is 0.0196. The molecule has 7 nitrogen and oxygen atoms in total. The molecule has 0 saturated carbocycles. The van der Waals surface area contributed by atoms with E-state index in [1.165, 1.54) is 0 Å². The van der Waals surface area contributed by atoms with Gasteiger partial charge >= 0.3 is 0 Å². The van der Waals surface area contributed by atoms with Gasteiger partial charge in [-0.2, -0.15) is 0 Å². The van der Waals surface area contributed by atoms with Gasteiger partial charge in [0.2, 0.25) is 5.91 Å². The highest BCUT2D eigenvalue weighted by Gasteiger charge is 2.26. The monoisotopic (exact) mass is 376 g/mol. The lowest BCUT2D eigenvalue weighted by Crippen LogP contribution is -2.38. The average Bonchev–Trinajstić information content (AvgIpc) is 3.26. The quantitative estimate of drug-likeness (QED) is 0.757. The lowest BCUT2D eigenvalue weighted by molar-refractivity contribution is -0.120. The number of nitrogens with one attached hydrogen (secondary N) is 1. The third kappa shape index (κ3) is 3.88. The third-order valence-corrected chi connectivity index (χ3v) is 5.25. The molecular weight excluding hydrogens is 352 g/mol. The first kappa shape index (κ1) is 18.2. The highest BCUT2D eigenvalue weighted by atomic mass is 16.1. The van der Waals surface area contributed by atoms with Gasteiger partial charge in [-0.3, -0.25) is 9.36 Å². The second kappa shape index (κ2) is 7.80. The van der Waals surface area contributed by atoms with Gasteiger partial charge in [0.25, 0.3) is 0 Å². The Morgan fingerprint density at radius 3 is 2.64 bits per heavy atom. The van der Waals surface area contributed by atoms with E-state index in [0.717, 1.165) is 54.4 Å². The van der Waals surface area contributed by atoms with E-state index in [-0.39, 0.29) is 11.8 Å². The van der Waals surface area contributed by atoms with Crippen LogP contribution in [0.1, 0.15) is 24.0 Å². The first-order valence-electron chi connectivity index (χ1n) is 9.53. The normalized spacial score (nSPS) is 14.9. The summed E-state index contributed by atoms with van der Waals surface area (Å²) in [5, 5.41) is 3.11. The fourth-order valence-electron chi connectivity index (χ4n) is 3.52. The minimum Gasteiger partial charge on any atom is -0.356 e. The highest BCUT2D eigenvalue weighted by Crippen LogP contribution is 2.25. The van der Waals surface area contributed by atoms with Crippen molar-refractivity contribution in [2.45, 2.75) is 26.7 Å². The van der Waals surface area contributed by atoms with Crippen LogP contribution in [-0.2, 0) is 4.79 Å². The zero-order valence-electron chi connectivity index (χ0n) is 16.2. The summed E-state index contributed by atoms with van der Waals surface area (Å²) in [6.07, 6.45) is 8.49. The van der Waals surface area contributed by atoms with Crippen molar-refractivity contribution >= 4 is 17.4 Å². The number of amides is 1. The van der Waals surface area contributed by atoms with Crippen LogP contribution in [0.5, 0.6) is 0 Å². The number of hydrogen-bond donors (Lipinski definition) is 1. The van der Waals surface area contributed by atoms with Crippen molar-refractivity contribution in [3.05, 3.63) is 60.4 Å². The molecule has 4 rings (SSSR count). The van der Waals surface area contributed by atoms with Crippen LogP contribution in [0.2, 0.25) is 0 Å². The molecule has 0 bridgehead atoms. The van der Waals surface area contributed by atoms with E-state index in [9.17, 15) is 4.79 Å². The van der Waals surface area contributed by atoms with Crippen LogP contribution in [0, 0.1) is 19.8 Å². The SMILES string of the molecule is Cc1ccc(C)c(NC(=O)C2CCN(c3cc(-n4ccnc4)ncn3)CC2)c1.